The topological polar surface area (TPSA) is 72.2 Å². The summed E-state index contributed by atoms with van der Waals surface area (Å²) in [5.74, 6) is 0. The number of rotatable bonds is 4. The Labute approximate surface area is 127 Å². The first-order chi connectivity index (χ1) is 9.29. The highest BCUT2D eigenvalue weighted by atomic mass is 35.5. The number of sulfonamides is 1. The van der Waals surface area contributed by atoms with Crippen molar-refractivity contribution in [2.75, 3.05) is 5.73 Å². The van der Waals surface area contributed by atoms with Gasteiger partial charge in [-0.2, -0.15) is 0 Å². The van der Waals surface area contributed by atoms with Crippen LogP contribution in [0.15, 0.2) is 29.2 Å². The van der Waals surface area contributed by atoms with Gasteiger partial charge in [0, 0.05) is 16.3 Å². The maximum atomic E-state index is 12.2. The summed E-state index contributed by atoms with van der Waals surface area (Å²) in [7, 11) is -3.58. The van der Waals surface area contributed by atoms with Crippen LogP contribution < -0.4 is 10.5 Å². The highest BCUT2D eigenvalue weighted by Crippen LogP contribution is 2.23. The van der Waals surface area contributed by atoms with E-state index in [4.69, 9.17) is 17.3 Å². The van der Waals surface area contributed by atoms with Gasteiger partial charge in [-0.25, -0.2) is 13.1 Å². The third-order valence-electron chi connectivity index (χ3n) is 2.93. The summed E-state index contributed by atoms with van der Waals surface area (Å²) in [6.45, 7) is 4.28. The zero-order valence-corrected chi connectivity index (χ0v) is 13.5. The van der Waals surface area contributed by atoms with Crippen LogP contribution >= 0.6 is 22.9 Å². The van der Waals surface area contributed by atoms with Crippen LogP contribution in [0.3, 0.4) is 0 Å². The van der Waals surface area contributed by atoms with Crippen LogP contribution in [0.2, 0.25) is 5.02 Å². The van der Waals surface area contributed by atoms with Gasteiger partial charge in [-0.05, 0) is 43.7 Å². The molecule has 2 aromatic rings. The van der Waals surface area contributed by atoms with Crippen molar-refractivity contribution >= 4 is 38.6 Å². The molecule has 0 aliphatic rings. The van der Waals surface area contributed by atoms with Crippen molar-refractivity contribution in [3.05, 3.63) is 44.6 Å². The molecule has 108 valence electrons. The highest BCUT2D eigenvalue weighted by Gasteiger charge is 2.15. The number of nitrogen functional groups attached to an aromatic ring is 1. The van der Waals surface area contributed by atoms with Crippen LogP contribution in [0.1, 0.15) is 15.3 Å². The minimum Gasteiger partial charge on any atom is -0.397 e. The molecule has 7 heteroatoms. The lowest BCUT2D eigenvalue weighted by Gasteiger charge is -2.07. The van der Waals surface area contributed by atoms with Crippen molar-refractivity contribution in [3.8, 4) is 0 Å². The van der Waals surface area contributed by atoms with E-state index in [1.807, 2.05) is 19.9 Å². The van der Waals surface area contributed by atoms with E-state index in [0.29, 0.717) is 5.02 Å². The van der Waals surface area contributed by atoms with E-state index < -0.39 is 10.0 Å². The molecule has 0 radical (unpaired) electrons. The third-order valence-corrected chi connectivity index (χ3v) is 5.83. The number of anilines is 1. The number of hydrogen-bond donors (Lipinski definition) is 2. The first-order valence-corrected chi connectivity index (χ1v) is 8.58. The molecule has 0 saturated carbocycles. The predicted molar refractivity (Wildman–Crippen MR) is 83.7 cm³/mol. The quantitative estimate of drug-likeness (QED) is 0.846. The minimum absolute atomic E-state index is 0.115. The Hall–Kier alpha value is -1.08. The van der Waals surface area contributed by atoms with Crippen molar-refractivity contribution in [2.45, 2.75) is 25.3 Å². The summed E-state index contributed by atoms with van der Waals surface area (Å²) in [6.07, 6.45) is 0. The van der Waals surface area contributed by atoms with Crippen LogP contribution in [-0.2, 0) is 16.6 Å². The van der Waals surface area contributed by atoms with Crippen molar-refractivity contribution < 1.29 is 8.42 Å². The Morgan fingerprint density at radius 1 is 1.30 bits per heavy atom. The van der Waals surface area contributed by atoms with Gasteiger partial charge in [-0.15, -0.1) is 11.3 Å². The molecule has 2 rings (SSSR count). The molecule has 0 bridgehead atoms. The molecule has 1 aromatic heterocycles. The molecule has 0 aliphatic carbocycles. The molecule has 0 amide bonds. The molecule has 1 heterocycles. The van der Waals surface area contributed by atoms with E-state index >= 15 is 0 Å². The number of halogens is 1. The molecule has 0 saturated heterocycles. The van der Waals surface area contributed by atoms with Crippen molar-refractivity contribution in [3.63, 3.8) is 0 Å². The first kappa shape index (κ1) is 15.3. The molecular weight excluding hydrogens is 316 g/mol. The van der Waals surface area contributed by atoms with Crippen LogP contribution in [0.5, 0.6) is 0 Å². The number of thiophene rings is 1. The zero-order chi connectivity index (χ0) is 14.9. The fraction of sp³-hybridized carbons (Fsp3) is 0.231. The van der Waals surface area contributed by atoms with E-state index in [-0.39, 0.29) is 17.1 Å². The second-order valence-corrected chi connectivity index (χ2v) is 7.97. The number of nitrogens with two attached hydrogens (primary N) is 1. The molecular formula is C13H15ClN2O2S2. The second kappa shape index (κ2) is 5.73. The Morgan fingerprint density at radius 2 is 2.00 bits per heavy atom. The highest BCUT2D eigenvalue weighted by molar-refractivity contribution is 7.89. The normalized spacial score (nSPS) is 11.8. The van der Waals surface area contributed by atoms with Crippen molar-refractivity contribution in [1.82, 2.24) is 4.72 Å². The van der Waals surface area contributed by atoms with Gasteiger partial charge in [0.1, 0.15) is 0 Å². The summed E-state index contributed by atoms with van der Waals surface area (Å²) >= 11 is 7.37. The van der Waals surface area contributed by atoms with Gasteiger partial charge >= 0.3 is 0 Å². The number of nitrogens with one attached hydrogen (secondary N) is 1. The van der Waals surface area contributed by atoms with E-state index in [0.717, 1.165) is 4.88 Å². The van der Waals surface area contributed by atoms with Gasteiger partial charge < -0.3 is 5.73 Å². The zero-order valence-electron chi connectivity index (χ0n) is 11.1. The van der Waals surface area contributed by atoms with Crippen molar-refractivity contribution in [1.29, 1.82) is 0 Å². The standard InChI is InChI=1S/C13H15ClN2O2S2/c1-8-5-10(19-9(8)2)7-16-20(17,18)11-3-4-12(14)13(15)6-11/h3-6,16H,7,15H2,1-2H3. The SMILES string of the molecule is Cc1cc(CNS(=O)(=O)c2ccc(Cl)c(N)c2)sc1C. The molecule has 0 aliphatic heterocycles. The first-order valence-electron chi connectivity index (χ1n) is 5.90. The Balaban J connectivity index is 2.16. The third kappa shape index (κ3) is 3.32. The van der Waals surface area contributed by atoms with Crippen LogP contribution in [0.25, 0.3) is 0 Å². The van der Waals surface area contributed by atoms with Crippen molar-refractivity contribution in [2.24, 2.45) is 0 Å². The fourth-order valence-electron chi connectivity index (χ4n) is 1.68. The molecule has 4 nitrogen and oxygen atoms in total. The minimum atomic E-state index is -3.58. The summed E-state index contributed by atoms with van der Waals surface area (Å²) in [6, 6.07) is 6.26. The monoisotopic (exact) mass is 330 g/mol. The van der Waals surface area contributed by atoms with Gasteiger partial charge in [0.05, 0.1) is 15.6 Å². The largest absolute Gasteiger partial charge is 0.397 e. The molecule has 1 aromatic carbocycles. The van der Waals surface area contributed by atoms with Gasteiger partial charge in [0.15, 0.2) is 0 Å². The van der Waals surface area contributed by atoms with E-state index in [9.17, 15) is 8.42 Å². The number of aryl methyl sites for hydroxylation is 2. The Kier molecular flexibility index (Phi) is 4.39. The van der Waals surface area contributed by atoms with Gasteiger partial charge in [0.25, 0.3) is 0 Å². The molecule has 0 fully saturated rings. The fourth-order valence-corrected chi connectivity index (χ4v) is 3.92. The number of hydrogen-bond acceptors (Lipinski definition) is 4. The van der Waals surface area contributed by atoms with Crippen LogP contribution in [0, 0.1) is 13.8 Å². The maximum absolute atomic E-state index is 12.2. The average Bonchev–Trinajstić information content (AvgIpc) is 2.70. The van der Waals surface area contributed by atoms with Gasteiger partial charge in [0.2, 0.25) is 10.0 Å². The Morgan fingerprint density at radius 3 is 2.55 bits per heavy atom. The molecule has 0 spiro atoms. The van der Waals surface area contributed by atoms with E-state index in [1.54, 1.807) is 11.3 Å². The second-order valence-electron chi connectivity index (χ2n) is 4.46. The summed E-state index contributed by atoms with van der Waals surface area (Å²) in [4.78, 5) is 2.28. The number of benzene rings is 1. The lowest BCUT2D eigenvalue weighted by atomic mass is 10.3. The predicted octanol–water partition coefficient (Wildman–Crippen LogP) is 3.08. The maximum Gasteiger partial charge on any atom is 0.240 e. The van der Waals surface area contributed by atoms with Gasteiger partial charge in [-0.1, -0.05) is 11.6 Å². The summed E-state index contributed by atoms with van der Waals surface area (Å²) in [5.41, 5.74) is 7.04. The molecule has 0 unspecified atom stereocenters. The Bertz CT molecular complexity index is 719. The molecule has 3 N–H and O–H groups in total. The lowest BCUT2D eigenvalue weighted by molar-refractivity contribution is 0.582. The smallest absolute Gasteiger partial charge is 0.240 e. The van der Waals surface area contributed by atoms with E-state index in [1.165, 1.54) is 28.6 Å². The summed E-state index contributed by atoms with van der Waals surface area (Å²) in [5, 5.41) is 0.341. The lowest BCUT2D eigenvalue weighted by Crippen LogP contribution is -2.22. The van der Waals surface area contributed by atoms with Crippen LogP contribution in [-0.4, -0.2) is 8.42 Å². The van der Waals surface area contributed by atoms with E-state index in [2.05, 4.69) is 4.72 Å². The average molecular weight is 331 g/mol. The molecule has 0 atom stereocenters. The molecule has 20 heavy (non-hydrogen) atoms. The summed E-state index contributed by atoms with van der Waals surface area (Å²) < 4.78 is 26.9. The van der Waals surface area contributed by atoms with Gasteiger partial charge in [-0.3, -0.25) is 0 Å². The van der Waals surface area contributed by atoms with Crippen LogP contribution in [0.4, 0.5) is 5.69 Å².